The highest BCUT2D eigenvalue weighted by Gasteiger charge is 2.25. The lowest BCUT2D eigenvalue weighted by molar-refractivity contribution is 0.145. The molecular formula is C21H27N3O. The number of hydrogen-bond acceptors (Lipinski definition) is 3. The second kappa shape index (κ2) is 7.74. The summed E-state index contributed by atoms with van der Waals surface area (Å²) >= 11 is 0. The molecular weight excluding hydrogens is 310 g/mol. The first-order valence-corrected chi connectivity index (χ1v) is 9.35. The molecule has 0 amide bonds. The van der Waals surface area contributed by atoms with Crippen LogP contribution in [0, 0.1) is 11.3 Å². The van der Waals surface area contributed by atoms with Crippen LogP contribution in [0.25, 0.3) is 0 Å². The zero-order valence-electron chi connectivity index (χ0n) is 15.4. The maximum atomic E-state index is 9.14. The molecule has 0 N–H and O–H groups in total. The van der Waals surface area contributed by atoms with E-state index in [4.69, 9.17) is 15.1 Å². The Balaban J connectivity index is 1.58. The van der Waals surface area contributed by atoms with Crippen molar-refractivity contribution in [3.8, 4) is 11.8 Å². The lowest BCUT2D eigenvalue weighted by Gasteiger charge is -2.28. The number of aryl methyl sites for hydroxylation is 1. The van der Waals surface area contributed by atoms with Crippen LogP contribution in [-0.2, 0) is 6.42 Å². The third-order valence-corrected chi connectivity index (χ3v) is 5.13. The van der Waals surface area contributed by atoms with Gasteiger partial charge in [-0.25, -0.2) is 0 Å². The summed E-state index contributed by atoms with van der Waals surface area (Å²) in [7, 11) is 0. The minimum atomic E-state index is 0.265. The second-order valence-corrected chi connectivity index (χ2v) is 7.19. The fraction of sp³-hybridized carbons (Fsp3) is 0.524. The van der Waals surface area contributed by atoms with E-state index in [1.54, 1.807) is 0 Å². The van der Waals surface area contributed by atoms with Crippen molar-refractivity contribution in [3.05, 3.63) is 47.3 Å². The Labute approximate surface area is 150 Å². The maximum absolute atomic E-state index is 9.14. The largest absolute Gasteiger partial charge is 0.490 e. The minimum absolute atomic E-state index is 0.265. The van der Waals surface area contributed by atoms with Gasteiger partial charge in [0.15, 0.2) is 0 Å². The molecule has 0 radical (unpaired) electrons. The van der Waals surface area contributed by atoms with Crippen molar-refractivity contribution in [3.63, 3.8) is 0 Å². The first-order chi connectivity index (χ1) is 12.1. The van der Waals surface area contributed by atoms with Gasteiger partial charge in [0, 0.05) is 18.2 Å². The van der Waals surface area contributed by atoms with E-state index in [0.29, 0.717) is 12.0 Å². The highest BCUT2D eigenvalue weighted by molar-refractivity contribution is 5.42. The van der Waals surface area contributed by atoms with Crippen LogP contribution in [0.15, 0.2) is 30.5 Å². The summed E-state index contributed by atoms with van der Waals surface area (Å²) < 4.78 is 8.23. The molecule has 3 rings (SSSR count). The molecule has 25 heavy (non-hydrogen) atoms. The Bertz CT molecular complexity index is 749. The first kappa shape index (κ1) is 17.5. The van der Waals surface area contributed by atoms with Gasteiger partial charge in [0.2, 0.25) is 0 Å². The van der Waals surface area contributed by atoms with Gasteiger partial charge in [0.25, 0.3) is 0 Å². The van der Waals surface area contributed by atoms with Crippen LogP contribution in [0.4, 0.5) is 0 Å². The molecule has 0 saturated heterocycles. The van der Waals surface area contributed by atoms with Crippen LogP contribution in [0.2, 0.25) is 0 Å². The van der Waals surface area contributed by atoms with Gasteiger partial charge in [0.1, 0.15) is 5.75 Å². The molecule has 0 unspecified atom stereocenters. The molecule has 1 aromatic heterocycles. The third-order valence-electron chi connectivity index (χ3n) is 5.13. The molecule has 1 aromatic carbocycles. The molecule has 1 aliphatic rings. The summed E-state index contributed by atoms with van der Waals surface area (Å²) in [5.74, 6) is 1.44. The van der Waals surface area contributed by atoms with Crippen LogP contribution in [0.1, 0.15) is 75.2 Å². The summed E-state index contributed by atoms with van der Waals surface area (Å²) in [5.41, 5.74) is 3.03. The van der Waals surface area contributed by atoms with Gasteiger partial charge in [-0.3, -0.25) is 4.68 Å². The molecule has 0 bridgehead atoms. The van der Waals surface area contributed by atoms with Crippen molar-refractivity contribution < 1.29 is 4.74 Å². The molecule has 2 aromatic rings. The normalized spacial score (nSPS) is 20.4. The van der Waals surface area contributed by atoms with Crippen molar-refractivity contribution in [2.75, 3.05) is 0 Å². The summed E-state index contributed by atoms with van der Waals surface area (Å²) in [6, 6.07) is 10.6. The SMILES string of the molecule is CCc1cc(OC2CCC(c3ccn(C(C)C)n3)CC2)ccc1C#N. The van der Waals surface area contributed by atoms with Gasteiger partial charge in [-0.2, -0.15) is 10.4 Å². The Morgan fingerprint density at radius 2 is 2.00 bits per heavy atom. The number of aromatic nitrogens is 2. The quantitative estimate of drug-likeness (QED) is 0.771. The molecule has 1 heterocycles. The molecule has 0 atom stereocenters. The van der Waals surface area contributed by atoms with Crippen molar-refractivity contribution in [2.24, 2.45) is 0 Å². The van der Waals surface area contributed by atoms with Crippen molar-refractivity contribution >= 4 is 0 Å². The van der Waals surface area contributed by atoms with E-state index in [1.807, 2.05) is 22.9 Å². The average molecular weight is 337 g/mol. The number of nitriles is 1. The van der Waals surface area contributed by atoms with E-state index < -0.39 is 0 Å². The predicted molar refractivity (Wildman–Crippen MR) is 98.8 cm³/mol. The monoisotopic (exact) mass is 337 g/mol. The molecule has 4 heteroatoms. The fourth-order valence-electron chi connectivity index (χ4n) is 3.57. The third kappa shape index (κ3) is 4.04. The smallest absolute Gasteiger partial charge is 0.120 e. The van der Waals surface area contributed by atoms with E-state index in [-0.39, 0.29) is 6.10 Å². The molecule has 0 aliphatic heterocycles. The summed E-state index contributed by atoms with van der Waals surface area (Å²) in [5, 5.41) is 13.9. The highest BCUT2D eigenvalue weighted by atomic mass is 16.5. The standard InChI is InChI=1S/C21H27N3O/c1-4-16-13-20(10-7-18(16)14-22)25-19-8-5-17(6-9-19)21-11-12-24(23-21)15(2)3/h7,10-13,15,17,19H,4-6,8-9H2,1-3H3. The Kier molecular flexibility index (Phi) is 5.43. The van der Waals surface area contributed by atoms with Gasteiger partial charge in [0.05, 0.1) is 23.4 Å². The lowest BCUT2D eigenvalue weighted by Crippen LogP contribution is -2.23. The van der Waals surface area contributed by atoms with Gasteiger partial charge >= 0.3 is 0 Å². The van der Waals surface area contributed by atoms with E-state index >= 15 is 0 Å². The lowest BCUT2D eigenvalue weighted by atomic mass is 9.85. The van der Waals surface area contributed by atoms with Crippen molar-refractivity contribution in [1.82, 2.24) is 9.78 Å². The minimum Gasteiger partial charge on any atom is -0.490 e. The van der Waals surface area contributed by atoms with E-state index in [0.717, 1.165) is 49.0 Å². The summed E-state index contributed by atoms with van der Waals surface area (Å²) in [4.78, 5) is 0. The van der Waals surface area contributed by atoms with Crippen LogP contribution in [0.5, 0.6) is 5.75 Å². The molecule has 132 valence electrons. The maximum Gasteiger partial charge on any atom is 0.120 e. The zero-order chi connectivity index (χ0) is 17.8. The number of benzene rings is 1. The Hall–Kier alpha value is -2.28. The van der Waals surface area contributed by atoms with Crippen molar-refractivity contribution in [1.29, 1.82) is 5.26 Å². The first-order valence-electron chi connectivity index (χ1n) is 9.35. The zero-order valence-corrected chi connectivity index (χ0v) is 15.4. The predicted octanol–water partition coefficient (Wildman–Crippen LogP) is 5.00. The van der Waals surface area contributed by atoms with E-state index in [1.165, 1.54) is 5.69 Å². The van der Waals surface area contributed by atoms with E-state index in [9.17, 15) is 0 Å². The van der Waals surface area contributed by atoms with Crippen LogP contribution in [-0.4, -0.2) is 15.9 Å². The summed E-state index contributed by atoms with van der Waals surface area (Å²) in [6.45, 7) is 6.38. The molecule has 1 aliphatic carbocycles. The van der Waals surface area contributed by atoms with Gasteiger partial charge in [-0.15, -0.1) is 0 Å². The Morgan fingerprint density at radius 3 is 2.60 bits per heavy atom. The van der Waals surface area contributed by atoms with Gasteiger partial charge < -0.3 is 4.74 Å². The molecule has 0 spiro atoms. The molecule has 1 fully saturated rings. The molecule has 4 nitrogen and oxygen atoms in total. The van der Waals surface area contributed by atoms with Gasteiger partial charge in [-0.05, 0) is 75.8 Å². The van der Waals surface area contributed by atoms with Crippen molar-refractivity contribution in [2.45, 2.75) is 70.9 Å². The fourth-order valence-corrected chi connectivity index (χ4v) is 3.57. The topological polar surface area (TPSA) is 50.8 Å². The van der Waals surface area contributed by atoms with Crippen LogP contribution in [0.3, 0.4) is 0 Å². The van der Waals surface area contributed by atoms with Crippen LogP contribution < -0.4 is 4.74 Å². The van der Waals surface area contributed by atoms with Gasteiger partial charge in [-0.1, -0.05) is 6.92 Å². The Morgan fingerprint density at radius 1 is 1.24 bits per heavy atom. The van der Waals surface area contributed by atoms with E-state index in [2.05, 4.69) is 39.1 Å². The average Bonchev–Trinajstić information content (AvgIpc) is 3.12. The number of nitrogens with zero attached hydrogens (tertiary/aromatic N) is 3. The molecule has 1 saturated carbocycles. The second-order valence-electron chi connectivity index (χ2n) is 7.19. The number of hydrogen-bond donors (Lipinski definition) is 0. The number of rotatable bonds is 5. The number of ether oxygens (including phenoxy) is 1. The van der Waals surface area contributed by atoms with Crippen LogP contribution >= 0.6 is 0 Å². The highest BCUT2D eigenvalue weighted by Crippen LogP contribution is 2.34. The summed E-state index contributed by atoms with van der Waals surface area (Å²) in [6.07, 6.45) is 7.56.